The zero-order chi connectivity index (χ0) is 14.1. The number of hydrogen-bond donors (Lipinski definition) is 1. The quantitative estimate of drug-likeness (QED) is 0.744. The summed E-state index contributed by atoms with van der Waals surface area (Å²) in [5, 5.41) is 3.56. The molecule has 0 aliphatic heterocycles. The van der Waals surface area contributed by atoms with Gasteiger partial charge in [0.25, 0.3) is 0 Å². The van der Waals surface area contributed by atoms with Crippen LogP contribution in [0.15, 0.2) is 24.3 Å². The van der Waals surface area contributed by atoms with E-state index in [1.54, 1.807) is 7.11 Å². The standard InChI is InChI=1S/C16H27NO2/c1-5-10-17-16(12-19-14(3)11-18-4)15-9-7-6-8-13(15)2/h6-9,14,16-17H,5,10-12H2,1-4H3. The second-order valence-electron chi connectivity index (χ2n) is 4.96. The second-order valence-corrected chi connectivity index (χ2v) is 4.96. The van der Waals surface area contributed by atoms with Crippen LogP contribution in [0, 0.1) is 6.92 Å². The number of nitrogens with one attached hydrogen (secondary N) is 1. The lowest BCUT2D eigenvalue weighted by Gasteiger charge is -2.23. The molecule has 3 heteroatoms. The van der Waals surface area contributed by atoms with Crippen molar-refractivity contribution in [1.29, 1.82) is 0 Å². The highest BCUT2D eigenvalue weighted by atomic mass is 16.5. The van der Waals surface area contributed by atoms with E-state index in [0.717, 1.165) is 13.0 Å². The summed E-state index contributed by atoms with van der Waals surface area (Å²) in [6, 6.07) is 8.73. The van der Waals surface area contributed by atoms with Crippen LogP contribution in [0.5, 0.6) is 0 Å². The van der Waals surface area contributed by atoms with Gasteiger partial charge in [0, 0.05) is 7.11 Å². The van der Waals surface area contributed by atoms with E-state index in [1.165, 1.54) is 11.1 Å². The minimum atomic E-state index is 0.125. The first kappa shape index (κ1) is 16.2. The molecule has 108 valence electrons. The van der Waals surface area contributed by atoms with Crippen LogP contribution in [0.25, 0.3) is 0 Å². The molecule has 0 bridgehead atoms. The van der Waals surface area contributed by atoms with Gasteiger partial charge in [-0.3, -0.25) is 0 Å². The number of hydrogen-bond acceptors (Lipinski definition) is 3. The number of rotatable bonds is 9. The lowest BCUT2D eigenvalue weighted by Crippen LogP contribution is -2.29. The van der Waals surface area contributed by atoms with Crippen LogP contribution in [0.1, 0.15) is 37.4 Å². The number of methoxy groups -OCH3 is 1. The van der Waals surface area contributed by atoms with Gasteiger partial charge in [0.2, 0.25) is 0 Å². The molecule has 1 N–H and O–H groups in total. The molecule has 0 saturated carbocycles. The lowest BCUT2D eigenvalue weighted by atomic mass is 10.0. The Morgan fingerprint density at radius 3 is 2.58 bits per heavy atom. The molecule has 3 nitrogen and oxygen atoms in total. The maximum absolute atomic E-state index is 5.86. The molecule has 0 heterocycles. The van der Waals surface area contributed by atoms with E-state index in [0.29, 0.717) is 13.2 Å². The highest BCUT2D eigenvalue weighted by molar-refractivity contribution is 5.28. The van der Waals surface area contributed by atoms with Crippen molar-refractivity contribution in [2.24, 2.45) is 0 Å². The molecule has 0 fully saturated rings. The molecule has 2 unspecified atom stereocenters. The molecular weight excluding hydrogens is 238 g/mol. The summed E-state index contributed by atoms with van der Waals surface area (Å²) >= 11 is 0. The van der Waals surface area contributed by atoms with Gasteiger partial charge >= 0.3 is 0 Å². The Morgan fingerprint density at radius 1 is 1.21 bits per heavy atom. The van der Waals surface area contributed by atoms with Gasteiger partial charge in [0.15, 0.2) is 0 Å². The Morgan fingerprint density at radius 2 is 1.95 bits per heavy atom. The molecule has 1 aromatic carbocycles. The molecule has 1 aromatic rings. The van der Waals surface area contributed by atoms with Crippen molar-refractivity contribution in [3.05, 3.63) is 35.4 Å². The van der Waals surface area contributed by atoms with Gasteiger partial charge in [-0.25, -0.2) is 0 Å². The summed E-state index contributed by atoms with van der Waals surface area (Å²) in [4.78, 5) is 0. The third kappa shape index (κ3) is 5.72. The molecule has 0 saturated heterocycles. The van der Waals surface area contributed by atoms with Crippen molar-refractivity contribution >= 4 is 0 Å². The third-order valence-electron chi connectivity index (χ3n) is 3.15. The fraction of sp³-hybridized carbons (Fsp3) is 0.625. The van der Waals surface area contributed by atoms with Crippen LogP contribution in [0.2, 0.25) is 0 Å². The normalized spacial score (nSPS) is 14.3. The average Bonchev–Trinajstić information content (AvgIpc) is 2.40. The predicted molar refractivity (Wildman–Crippen MR) is 79.5 cm³/mol. The molecule has 0 amide bonds. The molecule has 0 spiro atoms. The third-order valence-corrected chi connectivity index (χ3v) is 3.15. The number of aryl methyl sites for hydroxylation is 1. The maximum atomic E-state index is 5.86. The molecule has 1 rings (SSSR count). The Bertz CT molecular complexity index is 354. The smallest absolute Gasteiger partial charge is 0.0781 e. The van der Waals surface area contributed by atoms with Crippen molar-refractivity contribution in [2.45, 2.75) is 39.3 Å². The Kier molecular flexibility index (Phi) is 7.72. The first-order valence-electron chi connectivity index (χ1n) is 7.08. The van der Waals surface area contributed by atoms with Crippen LogP contribution in [0.3, 0.4) is 0 Å². The van der Waals surface area contributed by atoms with Gasteiger partial charge in [-0.2, -0.15) is 0 Å². The van der Waals surface area contributed by atoms with Gasteiger partial charge in [-0.15, -0.1) is 0 Å². The highest BCUT2D eigenvalue weighted by Gasteiger charge is 2.14. The maximum Gasteiger partial charge on any atom is 0.0781 e. The summed E-state index contributed by atoms with van der Waals surface area (Å²) in [6.45, 7) is 8.67. The monoisotopic (exact) mass is 265 g/mol. The summed E-state index contributed by atoms with van der Waals surface area (Å²) in [6.07, 6.45) is 1.25. The van der Waals surface area contributed by atoms with Gasteiger partial charge in [-0.1, -0.05) is 31.2 Å². The second kappa shape index (κ2) is 9.08. The fourth-order valence-corrected chi connectivity index (χ4v) is 2.10. The van der Waals surface area contributed by atoms with Crippen LogP contribution < -0.4 is 5.32 Å². The fourth-order valence-electron chi connectivity index (χ4n) is 2.10. The molecule has 0 aromatic heterocycles. The average molecular weight is 265 g/mol. The molecule has 0 aliphatic carbocycles. The Hall–Kier alpha value is -0.900. The van der Waals surface area contributed by atoms with Crippen LogP contribution in [-0.2, 0) is 9.47 Å². The summed E-state index contributed by atoms with van der Waals surface area (Å²) in [5.41, 5.74) is 2.62. The van der Waals surface area contributed by atoms with E-state index in [2.05, 4.69) is 43.4 Å². The summed E-state index contributed by atoms with van der Waals surface area (Å²) in [5.74, 6) is 0. The van der Waals surface area contributed by atoms with E-state index in [4.69, 9.17) is 9.47 Å². The summed E-state index contributed by atoms with van der Waals surface area (Å²) < 4.78 is 11.0. The molecule has 0 radical (unpaired) electrons. The van der Waals surface area contributed by atoms with Crippen molar-refractivity contribution < 1.29 is 9.47 Å². The van der Waals surface area contributed by atoms with Crippen LogP contribution in [-0.4, -0.2) is 33.0 Å². The van der Waals surface area contributed by atoms with Crippen molar-refractivity contribution in [2.75, 3.05) is 26.9 Å². The number of ether oxygens (including phenoxy) is 2. The molecular formula is C16H27NO2. The molecule has 2 atom stereocenters. The van der Waals surface area contributed by atoms with E-state index in [1.807, 2.05) is 6.92 Å². The largest absolute Gasteiger partial charge is 0.382 e. The van der Waals surface area contributed by atoms with Gasteiger partial charge in [0.05, 0.1) is 25.4 Å². The molecule has 19 heavy (non-hydrogen) atoms. The highest BCUT2D eigenvalue weighted by Crippen LogP contribution is 2.18. The minimum absolute atomic E-state index is 0.125. The van der Waals surface area contributed by atoms with Crippen LogP contribution >= 0.6 is 0 Å². The molecule has 0 aliphatic rings. The predicted octanol–water partition coefficient (Wildman–Crippen LogP) is 3.09. The van der Waals surface area contributed by atoms with Gasteiger partial charge in [-0.05, 0) is 37.9 Å². The zero-order valence-electron chi connectivity index (χ0n) is 12.6. The Labute approximate surface area is 117 Å². The van der Waals surface area contributed by atoms with E-state index in [-0.39, 0.29) is 12.1 Å². The Balaban J connectivity index is 2.64. The van der Waals surface area contributed by atoms with Gasteiger partial charge in [0.1, 0.15) is 0 Å². The van der Waals surface area contributed by atoms with Crippen molar-refractivity contribution in [1.82, 2.24) is 5.32 Å². The SMILES string of the molecule is CCCNC(COC(C)COC)c1ccccc1C. The van der Waals surface area contributed by atoms with E-state index >= 15 is 0 Å². The van der Waals surface area contributed by atoms with E-state index in [9.17, 15) is 0 Å². The van der Waals surface area contributed by atoms with Crippen molar-refractivity contribution in [3.63, 3.8) is 0 Å². The summed E-state index contributed by atoms with van der Waals surface area (Å²) in [7, 11) is 1.70. The van der Waals surface area contributed by atoms with Gasteiger partial charge < -0.3 is 14.8 Å². The number of benzene rings is 1. The lowest BCUT2D eigenvalue weighted by molar-refractivity contribution is -0.000587. The minimum Gasteiger partial charge on any atom is -0.382 e. The van der Waals surface area contributed by atoms with Crippen LogP contribution in [0.4, 0.5) is 0 Å². The van der Waals surface area contributed by atoms with Crippen molar-refractivity contribution in [3.8, 4) is 0 Å². The van der Waals surface area contributed by atoms with E-state index < -0.39 is 0 Å². The topological polar surface area (TPSA) is 30.5 Å². The first-order chi connectivity index (χ1) is 9.19. The zero-order valence-corrected chi connectivity index (χ0v) is 12.6. The first-order valence-corrected chi connectivity index (χ1v) is 7.08.